The van der Waals surface area contributed by atoms with E-state index >= 15 is 0 Å². The first kappa shape index (κ1) is 16.8. The zero-order chi connectivity index (χ0) is 20.1. The van der Waals surface area contributed by atoms with E-state index in [1.165, 1.54) is 6.07 Å². The number of benzene rings is 3. The molecule has 29 heavy (non-hydrogen) atoms. The molecule has 3 aromatic carbocycles. The highest BCUT2D eigenvalue weighted by Gasteiger charge is 2.12. The first-order chi connectivity index (χ1) is 14.0. The Balaban J connectivity index is 1.56. The van der Waals surface area contributed by atoms with Gasteiger partial charge in [0.25, 0.3) is 0 Å². The number of nitrogens with zero attached hydrogens (tertiary/aromatic N) is 2. The maximum absolute atomic E-state index is 11.2. The lowest BCUT2D eigenvalue weighted by atomic mass is 10.1. The van der Waals surface area contributed by atoms with Crippen molar-refractivity contribution < 1.29 is 9.90 Å². The Morgan fingerprint density at radius 1 is 0.759 bits per heavy atom. The molecule has 8 nitrogen and oxygen atoms in total. The van der Waals surface area contributed by atoms with Gasteiger partial charge in [-0.15, -0.1) is 0 Å². The lowest BCUT2D eigenvalue weighted by molar-refractivity contribution is 0.0697. The fraction of sp³-hybridized carbons (Fsp3) is 0. The van der Waals surface area contributed by atoms with Crippen LogP contribution in [0.3, 0.4) is 0 Å². The van der Waals surface area contributed by atoms with Gasteiger partial charge in [-0.1, -0.05) is 0 Å². The van der Waals surface area contributed by atoms with Crippen LogP contribution in [-0.2, 0) is 0 Å². The summed E-state index contributed by atoms with van der Waals surface area (Å²) in [4.78, 5) is 26.8. The Kier molecular flexibility index (Phi) is 3.53. The summed E-state index contributed by atoms with van der Waals surface area (Å²) < 4.78 is 0. The number of rotatable bonds is 3. The van der Waals surface area contributed by atoms with Crippen LogP contribution in [0.2, 0.25) is 0 Å². The summed E-state index contributed by atoms with van der Waals surface area (Å²) in [5.41, 5.74) is 17.7. The van der Waals surface area contributed by atoms with Crippen molar-refractivity contribution in [2.75, 3.05) is 11.5 Å². The third-order valence-electron chi connectivity index (χ3n) is 4.84. The Morgan fingerprint density at radius 2 is 1.34 bits per heavy atom. The monoisotopic (exact) mass is 384 g/mol. The van der Waals surface area contributed by atoms with Crippen LogP contribution in [0.25, 0.3) is 44.8 Å². The fourth-order valence-electron chi connectivity index (χ4n) is 3.30. The number of carbonyl (C=O) groups is 1. The summed E-state index contributed by atoms with van der Waals surface area (Å²) in [6.45, 7) is 0. The molecule has 0 atom stereocenters. The lowest BCUT2D eigenvalue weighted by Crippen LogP contribution is -1.94. The molecule has 0 saturated heterocycles. The van der Waals surface area contributed by atoms with E-state index in [1.54, 1.807) is 24.3 Å². The summed E-state index contributed by atoms with van der Waals surface area (Å²) >= 11 is 0. The van der Waals surface area contributed by atoms with Gasteiger partial charge in [-0.25, -0.2) is 14.8 Å². The molecule has 5 rings (SSSR count). The third-order valence-corrected chi connectivity index (χ3v) is 4.84. The van der Waals surface area contributed by atoms with E-state index in [1.807, 2.05) is 24.3 Å². The van der Waals surface area contributed by atoms with Gasteiger partial charge in [0.2, 0.25) is 0 Å². The minimum atomic E-state index is -0.974. The number of nitrogen functional groups attached to an aromatic ring is 2. The van der Waals surface area contributed by atoms with Crippen LogP contribution in [0.1, 0.15) is 10.4 Å². The minimum Gasteiger partial charge on any atom is -0.478 e. The van der Waals surface area contributed by atoms with Crippen LogP contribution in [0.4, 0.5) is 11.4 Å². The van der Waals surface area contributed by atoms with E-state index in [-0.39, 0.29) is 5.56 Å². The van der Waals surface area contributed by atoms with E-state index in [0.717, 1.165) is 22.2 Å². The second-order valence-electron chi connectivity index (χ2n) is 6.78. The quantitative estimate of drug-likeness (QED) is 0.300. The Bertz CT molecular complexity index is 1420. The molecule has 0 radical (unpaired) electrons. The number of aromatic nitrogens is 4. The van der Waals surface area contributed by atoms with E-state index in [9.17, 15) is 4.79 Å². The average molecular weight is 384 g/mol. The molecule has 0 spiro atoms. The van der Waals surface area contributed by atoms with Crippen molar-refractivity contribution in [1.29, 1.82) is 0 Å². The number of hydrogen-bond donors (Lipinski definition) is 5. The van der Waals surface area contributed by atoms with Crippen molar-refractivity contribution in [2.24, 2.45) is 0 Å². The van der Waals surface area contributed by atoms with Crippen LogP contribution >= 0.6 is 0 Å². The molecule has 0 aliphatic carbocycles. The maximum Gasteiger partial charge on any atom is 0.335 e. The fourth-order valence-corrected chi connectivity index (χ4v) is 3.30. The molecule has 0 saturated carbocycles. The number of H-pyrrole nitrogens is 2. The molecule has 5 aromatic rings. The SMILES string of the molecule is Nc1ccc(-c2nc3ccc(-c4nc5ccc(C(=O)O)cc5[nH]4)cc3[nH]2)cc1N. The predicted octanol–water partition coefficient (Wildman–Crippen LogP) is 3.64. The van der Waals surface area contributed by atoms with Crippen molar-refractivity contribution in [3.8, 4) is 22.8 Å². The molecule has 0 aliphatic rings. The van der Waals surface area contributed by atoms with Crippen LogP contribution in [0.5, 0.6) is 0 Å². The molecule has 7 N–H and O–H groups in total. The highest BCUT2D eigenvalue weighted by atomic mass is 16.4. The number of hydrogen-bond acceptors (Lipinski definition) is 5. The molecule has 142 valence electrons. The Labute approximate surface area is 164 Å². The summed E-state index contributed by atoms with van der Waals surface area (Å²) in [5, 5.41) is 9.15. The van der Waals surface area contributed by atoms with Gasteiger partial charge in [-0.2, -0.15) is 0 Å². The molecular weight excluding hydrogens is 368 g/mol. The second-order valence-corrected chi connectivity index (χ2v) is 6.78. The van der Waals surface area contributed by atoms with E-state index in [0.29, 0.717) is 34.1 Å². The molecular formula is C21H16N6O2. The first-order valence-electron chi connectivity index (χ1n) is 8.86. The smallest absolute Gasteiger partial charge is 0.335 e. The predicted molar refractivity (Wildman–Crippen MR) is 112 cm³/mol. The van der Waals surface area contributed by atoms with Crippen molar-refractivity contribution in [3.63, 3.8) is 0 Å². The van der Waals surface area contributed by atoms with Crippen LogP contribution in [-0.4, -0.2) is 31.0 Å². The zero-order valence-corrected chi connectivity index (χ0v) is 15.1. The number of carboxylic acids is 1. The Morgan fingerprint density at radius 3 is 2.00 bits per heavy atom. The average Bonchev–Trinajstić information content (AvgIpc) is 3.32. The van der Waals surface area contributed by atoms with Gasteiger partial charge < -0.3 is 26.5 Å². The number of aromatic carboxylic acids is 1. The van der Waals surface area contributed by atoms with Gasteiger partial charge >= 0.3 is 5.97 Å². The minimum absolute atomic E-state index is 0.212. The van der Waals surface area contributed by atoms with Crippen molar-refractivity contribution >= 4 is 39.4 Å². The van der Waals surface area contributed by atoms with E-state index in [4.69, 9.17) is 16.6 Å². The number of nitrogens with one attached hydrogen (secondary N) is 2. The summed E-state index contributed by atoms with van der Waals surface area (Å²) in [6, 6.07) is 16.0. The van der Waals surface area contributed by atoms with Crippen LogP contribution < -0.4 is 11.5 Å². The molecule has 8 heteroatoms. The number of anilines is 2. The normalized spacial score (nSPS) is 11.3. The number of imidazole rings is 2. The molecule has 0 bridgehead atoms. The molecule has 2 aromatic heterocycles. The van der Waals surface area contributed by atoms with Crippen LogP contribution in [0, 0.1) is 0 Å². The molecule has 0 unspecified atom stereocenters. The molecule has 0 aliphatic heterocycles. The van der Waals surface area contributed by atoms with Crippen molar-refractivity contribution in [3.05, 3.63) is 60.2 Å². The number of fused-ring (bicyclic) bond motifs is 2. The summed E-state index contributed by atoms with van der Waals surface area (Å²) in [6.07, 6.45) is 0. The largest absolute Gasteiger partial charge is 0.478 e. The third kappa shape index (κ3) is 2.83. The van der Waals surface area contributed by atoms with Gasteiger partial charge in [0.15, 0.2) is 0 Å². The zero-order valence-electron chi connectivity index (χ0n) is 15.1. The second kappa shape index (κ2) is 6.10. The van der Waals surface area contributed by atoms with Crippen molar-refractivity contribution in [1.82, 2.24) is 19.9 Å². The van der Waals surface area contributed by atoms with Gasteiger partial charge in [0.1, 0.15) is 11.6 Å². The topological polar surface area (TPSA) is 147 Å². The number of aromatic amines is 2. The molecule has 0 amide bonds. The number of nitrogens with two attached hydrogens (primary N) is 2. The standard InChI is InChI=1S/C21H16N6O2/c22-13-4-1-10(7-14(13)23)19-24-15-5-2-11(8-17(15)26-19)20-25-16-6-3-12(21(28)29)9-18(16)27-20/h1-9H,22-23H2,(H,24,26)(H,25,27)(H,28,29). The van der Waals surface area contributed by atoms with Gasteiger partial charge in [0.05, 0.1) is 39.0 Å². The Hall–Kier alpha value is -4.33. The molecule has 0 fully saturated rings. The number of carboxylic acid groups (broad SMARTS) is 1. The van der Waals surface area contributed by atoms with E-state index < -0.39 is 5.97 Å². The molecule has 2 heterocycles. The first-order valence-corrected chi connectivity index (χ1v) is 8.86. The maximum atomic E-state index is 11.2. The highest BCUT2D eigenvalue weighted by molar-refractivity contribution is 5.93. The van der Waals surface area contributed by atoms with E-state index in [2.05, 4.69) is 19.9 Å². The summed E-state index contributed by atoms with van der Waals surface area (Å²) in [5.74, 6) is 0.370. The highest BCUT2D eigenvalue weighted by Crippen LogP contribution is 2.28. The van der Waals surface area contributed by atoms with Gasteiger partial charge in [0, 0.05) is 11.1 Å². The van der Waals surface area contributed by atoms with Gasteiger partial charge in [-0.3, -0.25) is 0 Å². The van der Waals surface area contributed by atoms with Crippen molar-refractivity contribution in [2.45, 2.75) is 0 Å². The lowest BCUT2D eigenvalue weighted by Gasteiger charge is -2.01. The van der Waals surface area contributed by atoms with Gasteiger partial charge in [-0.05, 0) is 54.6 Å². The summed E-state index contributed by atoms with van der Waals surface area (Å²) in [7, 11) is 0. The van der Waals surface area contributed by atoms with Crippen LogP contribution in [0.15, 0.2) is 54.6 Å².